The van der Waals surface area contributed by atoms with E-state index >= 15 is 0 Å². The lowest BCUT2D eigenvalue weighted by Crippen LogP contribution is -2.31. The maximum Gasteiger partial charge on any atom is 0.335 e. The number of nitrogens with one attached hydrogen (secondary N) is 1. The SMILES string of the molecule is O=C(O)c1cccc(-n2nc(CCN3CCCCC3)c3c2NCC3)c1. The van der Waals surface area contributed by atoms with E-state index in [2.05, 4.69) is 10.2 Å². The van der Waals surface area contributed by atoms with Gasteiger partial charge in [-0.3, -0.25) is 0 Å². The fraction of sp³-hybridized carbons (Fsp3) is 0.474. The highest BCUT2D eigenvalue weighted by Crippen LogP contribution is 2.29. The second-order valence-electron chi connectivity index (χ2n) is 6.87. The van der Waals surface area contributed by atoms with Crippen LogP contribution >= 0.6 is 0 Å². The van der Waals surface area contributed by atoms with Crippen molar-refractivity contribution in [1.29, 1.82) is 0 Å². The molecule has 0 saturated carbocycles. The highest BCUT2D eigenvalue weighted by Gasteiger charge is 2.23. The summed E-state index contributed by atoms with van der Waals surface area (Å²) >= 11 is 0. The Bertz CT molecular complexity index is 778. The summed E-state index contributed by atoms with van der Waals surface area (Å²) < 4.78 is 1.88. The van der Waals surface area contributed by atoms with E-state index in [0.717, 1.165) is 43.1 Å². The minimum absolute atomic E-state index is 0.287. The molecule has 0 aliphatic carbocycles. The summed E-state index contributed by atoms with van der Waals surface area (Å²) in [5, 5.41) is 17.5. The van der Waals surface area contributed by atoms with Gasteiger partial charge in [-0.2, -0.15) is 5.10 Å². The second kappa shape index (κ2) is 6.88. The molecule has 25 heavy (non-hydrogen) atoms. The Kier molecular flexibility index (Phi) is 4.44. The summed E-state index contributed by atoms with van der Waals surface area (Å²) in [6, 6.07) is 6.98. The molecule has 0 radical (unpaired) electrons. The van der Waals surface area contributed by atoms with Crippen LogP contribution in [0.1, 0.15) is 40.9 Å². The average Bonchev–Trinajstić information content (AvgIpc) is 3.24. The molecular formula is C19H24N4O2. The Morgan fingerprint density at radius 2 is 2.08 bits per heavy atom. The maximum absolute atomic E-state index is 11.3. The van der Waals surface area contributed by atoms with E-state index in [1.165, 1.54) is 37.9 Å². The van der Waals surface area contributed by atoms with Crippen LogP contribution in [-0.4, -0.2) is 51.9 Å². The van der Waals surface area contributed by atoms with E-state index < -0.39 is 5.97 Å². The second-order valence-corrected chi connectivity index (χ2v) is 6.87. The van der Waals surface area contributed by atoms with Crippen molar-refractivity contribution in [1.82, 2.24) is 14.7 Å². The van der Waals surface area contributed by atoms with Crippen molar-refractivity contribution in [2.45, 2.75) is 32.1 Å². The Hall–Kier alpha value is -2.34. The molecule has 2 aliphatic heterocycles. The largest absolute Gasteiger partial charge is 0.478 e. The molecule has 0 unspecified atom stereocenters. The van der Waals surface area contributed by atoms with Crippen molar-refractivity contribution in [3.63, 3.8) is 0 Å². The number of aromatic carboxylic acids is 1. The van der Waals surface area contributed by atoms with Gasteiger partial charge in [-0.1, -0.05) is 12.5 Å². The number of fused-ring (bicyclic) bond motifs is 1. The van der Waals surface area contributed by atoms with Gasteiger partial charge in [-0.15, -0.1) is 0 Å². The summed E-state index contributed by atoms with van der Waals surface area (Å²) in [6.07, 6.45) is 5.90. The van der Waals surface area contributed by atoms with Gasteiger partial charge in [0.25, 0.3) is 0 Å². The molecular weight excluding hydrogens is 316 g/mol. The van der Waals surface area contributed by atoms with Crippen LogP contribution < -0.4 is 5.32 Å². The third kappa shape index (κ3) is 3.26. The van der Waals surface area contributed by atoms with Crippen LogP contribution in [0.2, 0.25) is 0 Å². The third-order valence-electron chi connectivity index (χ3n) is 5.19. The van der Waals surface area contributed by atoms with Crippen molar-refractivity contribution in [3.8, 4) is 5.69 Å². The molecule has 1 saturated heterocycles. The molecule has 0 bridgehead atoms. The first-order chi connectivity index (χ1) is 12.2. The first kappa shape index (κ1) is 16.1. The van der Waals surface area contributed by atoms with E-state index in [0.29, 0.717) is 0 Å². The predicted molar refractivity (Wildman–Crippen MR) is 96.7 cm³/mol. The Morgan fingerprint density at radius 3 is 2.88 bits per heavy atom. The molecule has 6 nitrogen and oxygen atoms in total. The van der Waals surface area contributed by atoms with Crippen molar-refractivity contribution < 1.29 is 9.90 Å². The number of piperidine rings is 1. The van der Waals surface area contributed by atoms with Crippen LogP contribution in [0.3, 0.4) is 0 Å². The zero-order chi connectivity index (χ0) is 17.2. The minimum Gasteiger partial charge on any atom is -0.478 e. The van der Waals surface area contributed by atoms with Crippen LogP contribution in [0, 0.1) is 0 Å². The fourth-order valence-electron chi connectivity index (χ4n) is 3.85. The lowest BCUT2D eigenvalue weighted by atomic mass is 10.1. The Morgan fingerprint density at radius 1 is 1.24 bits per heavy atom. The molecule has 6 heteroatoms. The van der Waals surface area contributed by atoms with Crippen LogP contribution in [0.15, 0.2) is 24.3 Å². The summed E-state index contributed by atoms with van der Waals surface area (Å²) in [5.74, 6) is 0.111. The average molecular weight is 340 g/mol. The van der Waals surface area contributed by atoms with E-state index in [4.69, 9.17) is 5.10 Å². The lowest BCUT2D eigenvalue weighted by Gasteiger charge is -2.26. The van der Waals surface area contributed by atoms with Crippen molar-refractivity contribution in [3.05, 3.63) is 41.1 Å². The minimum atomic E-state index is -0.913. The normalized spacial score (nSPS) is 17.3. The smallest absolute Gasteiger partial charge is 0.335 e. The number of nitrogens with zero attached hydrogens (tertiary/aromatic N) is 3. The molecule has 3 heterocycles. The number of benzene rings is 1. The highest BCUT2D eigenvalue weighted by atomic mass is 16.4. The zero-order valence-corrected chi connectivity index (χ0v) is 14.4. The molecule has 0 spiro atoms. The van der Waals surface area contributed by atoms with Gasteiger partial charge >= 0.3 is 5.97 Å². The van der Waals surface area contributed by atoms with Gasteiger partial charge in [0, 0.05) is 25.1 Å². The molecule has 1 aromatic carbocycles. The first-order valence-electron chi connectivity index (χ1n) is 9.13. The van der Waals surface area contributed by atoms with Crippen LogP contribution in [-0.2, 0) is 12.8 Å². The molecule has 132 valence electrons. The number of carbonyl (C=O) groups is 1. The van der Waals surface area contributed by atoms with E-state index in [1.54, 1.807) is 18.2 Å². The summed E-state index contributed by atoms with van der Waals surface area (Å²) in [5.41, 5.74) is 3.52. The quantitative estimate of drug-likeness (QED) is 0.875. The Balaban J connectivity index is 1.59. The fourth-order valence-corrected chi connectivity index (χ4v) is 3.85. The standard InChI is InChI=1S/C19H24N4O2/c24-19(25)14-5-4-6-15(13-14)23-18-16(7-9-20-18)17(21-23)8-12-22-10-2-1-3-11-22/h4-6,13,20H,1-3,7-12H2,(H,24,25). The molecule has 1 aromatic heterocycles. The third-order valence-corrected chi connectivity index (χ3v) is 5.19. The van der Waals surface area contributed by atoms with Crippen LogP contribution in [0.5, 0.6) is 0 Å². The number of anilines is 1. The van der Waals surface area contributed by atoms with E-state index in [1.807, 2.05) is 10.7 Å². The van der Waals surface area contributed by atoms with Gasteiger partial charge in [0.15, 0.2) is 0 Å². The molecule has 0 amide bonds. The topological polar surface area (TPSA) is 70.4 Å². The highest BCUT2D eigenvalue weighted by molar-refractivity contribution is 5.88. The van der Waals surface area contributed by atoms with Crippen molar-refractivity contribution >= 4 is 11.8 Å². The van der Waals surface area contributed by atoms with Crippen molar-refractivity contribution in [2.24, 2.45) is 0 Å². The number of carboxylic acids is 1. The van der Waals surface area contributed by atoms with Gasteiger partial charge in [0.2, 0.25) is 0 Å². The van der Waals surface area contributed by atoms with Gasteiger partial charge in [0.05, 0.1) is 16.9 Å². The number of carboxylic acid groups (broad SMARTS) is 1. The number of rotatable bonds is 5. The predicted octanol–water partition coefficient (Wildman–Crippen LogP) is 2.57. The molecule has 2 aromatic rings. The van der Waals surface area contributed by atoms with E-state index in [9.17, 15) is 9.90 Å². The first-order valence-corrected chi connectivity index (χ1v) is 9.13. The van der Waals surface area contributed by atoms with Gasteiger partial charge in [0.1, 0.15) is 5.82 Å². The zero-order valence-electron chi connectivity index (χ0n) is 14.4. The molecule has 1 fully saturated rings. The lowest BCUT2D eigenvalue weighted by molar-refractivity contribution is 0.0697. The number of hydrogen-bond acceptors (Lipinski definition) is 4. The summed E-state index contributed by atoms with van der Waals surface area (Å²) in [4.78, 5) is 13.8. The van der Waals surface area contributed by atoms with Crippen molar-refractivity contribution in [2.75, 3.05) is 31.5 Å². The maximum atomic E-state index is 11.3. The summed E-state index contributed by atoms with van der Waals surface area (Å²) in [7, 11) is 0. The molecule has 2 N–H and O–H groups in total. The van der Waals surface area contributed by atoms with Crippen LogP contribution in [0.4, 0.5) is 5.82 Å². The van der Waals surface area contributed by atoms with Crippen LogP contribution in [0.25, 0.3) is 5.69 Å². The van der Waals surface area contributed by atoms with Gasteiger partial charge in [-0.05, 0) is 50.6 Å². The Labute approximate surface area is 147 Å². The summed E-state index contributed by atoms with van der Waals surface area (Å²) in [6.45, 7) is 4.37. The van der Waals surface area contributed by atoms with Gasteiger partial charge in [-0.25, -0.2) is 9.48 Å². The molecule has 2 aliphatic rings. The van der Waals surface area contributed by atoms with E-state index in [-0.39, 0.29) is 5.56 Å². The number of hydrogen-bond donors (Lipinski definition) is 2. The number of aromatic nitrogens is 2. The molecule has 4 rings (SSSR count). The monoisotopic (exact) mass is 340 g/mol. The number of likely N-dealkylation sites (tertiary alicyclic amines) is 1. The van der Waals surface area contributed by atoms with Gasteiger partial charge < -0.3 is 15.3 Å². The molecule has 0 atom stereocenters.